The molecule has 0 aliphatic heterocycles. The van der Waals surface area contributed by atoms with Gasteiger partial charge in [-0.2, -0.15) is 0 Å². The number of hydrogen-bond acceptors (Lipinski definition) is 2. The molecule has 0 saturated carbocycles. The van der Waals surface area contributed by atoms with E-state index in [-0.39, 0.29) is 11.8 Å². The predicted octanol–water partition coefficient (Wildman–Crippen LogP) is 0.435. The van der Waals surface area contributed by atoms with Crippen LogP contribution in [0.3, 0.4) is 0 Å². The number of carbonyl (C=O) groups excluding carboxylic acids is 1. The molecule has 3 nitrogen and oxygen atoms in total. The van der Waals surface area contributed by atoms with Gasteiger partial charge in [0, 0.05) is 12.0 Å². The monoisotopic (exact) mass is 192 g/mol. The van der Waals surface area contributed by atoms with Crippen molar-refractivity contribution in [3.63, 3.8) is 0 Å². The minimum absolute atomic E-state index is 0.0883. The maximum Gasteiger partial charge on any atom is 0.220 e. The lowest BCUT2D eigenvalue weighted by Gasteiger charge is -2.18. The molecule has 0 spiro atoms. The van der Waals surface area contributed by atoms with Gasteiger partial charge in [-0.1, -0.05) is 6.07 Å². The summed E-state index contributed by atoms with van der Waals surface area (Å²) in [5, 5.41) is 0. The molecule has 1 aromatic rings. The van der Waals surface area contributed by atoms with Crippen LogP contribution in [-0.2, 0) is 6.42 Å². The van der Waals surface area contributed by atoms with E-state index in [2.05, 4.69) is 5.73 Å². The maximum absolute atomic E-state index is 11.8. The molecule has 1 unspecified atom stereocenters. The Labute approximate surface area is 82.9 Å². The van der Waals surface area contributed by atoms with Crippen LogP contribution in [0.5, 0.6) is 5.75 Å². The largest absolute Gasteiger partial charge is 0.497 e. The molecule has 1 aliphatic carbocycles. The molecule has 0 aromatic heterocycles. The Morgan fingerprint density at radius 1 is 1.50 bits per heavy atom. The highest BCUT2D eigenvalue weighted by Gasteiger charge is 2.27. The number of ether oxygens (including phenoxy) is 1. The molecule has 1 aliphatic rings. The summed E-state index contributed by atoms with van der Waals surface area (Å²) < 4.78 is 5.09. The van der Waals surface area contributed by atoms with Gasteiger partial charge < -0.3 is 10.5 Å². The van der Waals surface area contributed by atoms with Crippen LogP contribution >= 0.6 is 0 Å². The first-order valence-electron chi connectivity index (χ1n) is 4.76. The summed E-state index contributed by atoms with van der Waals surface area (Å²) in [6, 6.07) is 5.59. The van der Waals surface area contributed by atoms with Crippen molar-refractivity contribution < 1.29 is 15.3 Å². The van der Waals surface area contributed by atoms with Gasteiger partial charge in [-0.05, 0) is 24.1 Å². The fraction of sp³-hybridized carbons (Fsp3) is 0.364. The highest BCUT2D eigenvalue weighted by atomic mass is 16.5. The molecule has 0 heterocycles. The molecule has 0 radical (unpaired) electrons. The standard InChI is InChI=1S/C11H13NO2/c1-14-8-4-2-7-3-5-10(12)11(13)9(7)6-8/h2,4,6,10H,3,5,12H2,1H3/p+1. The smallest absolute Gasteiger partial charge is 0.220 e. The Balaban J connectivity index is 2.46. The van der Waals surface area contributed by atoms with E-state index in [0.29, 0.717) is 0 Å². The number of carbonyl (C=O) groups is 1. The summed E-state index contributed by atoms with van der Waals surface area (Å²) in [5.41, 5.74) is 5.75. The fourth-order valence-corrected chi connectivity index (χ4v) is 1.81. The molecule has 0 fully saturated rings. The molecule has 0 saturated heterocycles. The summed E-state index contributed by atoms with van der Waals surface area (Å²) in [7, 11) is 1.61. The Morgan fingerprint density at radius 2 is 2.29 bits per heavy atom. The summed E-state index contributed by atoms with van der Waals surface area (Å²) in [5.74, 6) is 0.886. The van der Waals surface area contributed by atoms with Gasteiger partial charge in [-0.25, -0.2) is 0 Å². The summed E-state index contributed by atoms with van der Waals surface area (Å²) >= 11 is 0. The lowest BCUT2D eigenvalue weighted by atomic mass is 9.87. The van der Waals surface area contributed by atoms with E-state index >= 15 is 0 Å². The van der Waals surface area contributed by atoms with Crippen LogP contribution in [-0.4, -0.2) is 18.9 Å². The highest BCUT2D eigenvalue weighted by molar-refractivity contribution is 6.01. The number of rotatable bonds is 1. The van der Waals surface area contributed by atoms with Crippen LogP contribution < -0.4 is 10.5 Å². The van der Waals surface area contributed by atoms with Gasteiger partial charge in [-0.3, -0.25) is 4.79 Å². The zero-order valence-corrected chi connectivity index (χ0v) is 8.25. The number of hydrogen-bond donors (Lipinski definition) is 1. The minimum Gasteiger partial charge on any atom is -0.497 e. The zero-order valence-electron chi connectivity index (χ0n) is 8.25. The lowest BCUT2D eigenvalue weighted by Crippen LogP contribution is -2.66. The topological polar surface area (TPSA) is 53.9 Å². The zero-order chi connectivity index (χ0) is 10.1. The predicted molar refractivity (Wildman–Crippen MR) is 52.3 cm³/mol. The molecule has 0 amide bonds. The summed E-state index contributed by atoms with van der Waals surface area (Å²) in [6.45, 7) is 0. The van der Waals surface area contributed by atoms with Gasteiger partial charge in [-0.15, -0.1) is 0 Å². The Morgan fingerprint density at radius 3 is 3.00 bits per heavy atom. The van der Waals surface area contributed by atoms with E-state index in [0.717, 1.165) is 29.7 Å². The minimum atomic E-state index is -0.0883. The van der Waals surface area contributed by atoms with Gasteiger partial charge in [0.15, 0.2) is 0 Å². The normalized spacial score (nSPS) is 20.4. The van der Waals surface area contributed by atoms with Crippen LogP contribution in [0.2, 0.25) is 0 Å². The fourth-order valence-electron chi connectivity index (χ4n) is 1.81. The van der Waals surface area contributed by atoms with Crippen LogP contribution in [0.15, 0.2) is 18.2 Å². The second-order valence-electron chi connectivity index (χ2n) is 3.62. The molecule has 1 atom stereocenters. The maximum atomic E-state index is 11.8. The third kappa shape index (κ3) is 1.40. The van der Waals surface area contributed by atoms with E-state index in [9.17, 15) is 4.79 Å². The molecule has 3 heteroatoms. The SMILES string of the molecule is COc1ccc2c(c1)C(=O)C([NH3+])CC2. The first-order chi connectivity index (χ1) is 6.72. The first kappa shape index (κ1) is 9.21. The van der Waals surface area contributed by atoms with Crippen molar-refractivity contribution in [3.05, 3.63) is 29.3 Å². The Hall–Kier alpha value is -1.35. The number of fused-ring (bicyclic) bond motifs is 1. The molecule has 2 rings (SSSR count). The molecule has 0 bridgehead atoms. The quantitative estimate of drug-likeness (QED) is 0.701. The molecular weight excluding hydrogens is 178 g/mol. The van der Waals surface area contributed by atoms with Crippen molar-refractivity contribution in [1.82, 2.24) is 0 Å². The van der Waals surface area contributed by atoms with Crippen molar-refractivity contribution >= 4 is 5.78 Å². The van der Waals surface area contributed by atoms with Gasteiger partial charge >= 0.3 is 0 Å². The van der Waals surface area contributed by atoms with Gasteiger partial charge in [0.05, 0.1) is 7.11 Å². The molecule has 74 valence electrons. The summed E-state index contributed by atoms with van der Waals surface area (Å²) in [6.07, 6.45) is 1.80. The third-order valence-corrected chi connectivity index (χ3v) is 2.72. The first-order valence-corrected chi connectivity index (χ1v) is 4.76. The molecular formula is C11H14NO2+. The van der Waals surface area contributed by atoms with E-state index in [1.165, 1.54) is 0 Å². The van der Waals surface area contributed by atoms with E-state index < -0.39 is 0 Å². The van der Waals surface area contributed by atoms with Crippen molar-refractivity contribution in [2.75, 3.05) is 7.11 Å². The number of aryl methyl sites for hydroxylation is 1. The summed E-state index contributed by atoms with van der Waals surface area (Å²) in [4.78, 5) is 11.8. The van der Waals surface area contributed by atoms with Crippen LogP contribution in [0.4, 0.5) is 0 Å². The van der Waals surface area contributed by atoms with Crippen LogP contribution in [0.1, 0.15) is 22.3 Å². The average molecular weight is 192 g/mol. The van der Waals surface area contributed by atoms with Crippen molar-refractivity contribution in [2.45, 2.75) is 18.9 Å². The number of Topliss-reactive ketones (excluding diaryl/α,β-unsaturated/α-hetero) is 1. The van der Waals surface area contributed by atoms with Gasteiger partial charge in [0.1, 0.15) is 11.8 Å². The molecule has 1 aromatic carbocycles. The Bertz CT molecular complexity index is 374. The van der Waals surface area contributed by atoms with Gasteiger partial charge in [0.25, 0.3) is 0 Å². The molecule has 14 heavy (non-hydrogen) atoms. The second kappa shape index (κ2) is 3.42. The van der Waals surface area contributed by atoms with E-state index in [1.54, 1.807) is 7.11 Å². The van der Waals surface area contributed by atoms with E-state index in [4.69, 9.17) is 4.74 Å². The van der Waals surface area contributed by atoms with Crippen LogP contribution in [0, 0.1) is 0 Å². The second-order valence-corrected chi connectivity index (χ2v) is 3.62. The van der Waals surface area contributed by atoms with Crippen molar-refractivity contribution in [2.24, 2.45) is 0 Å². The van der Waals surface area contributed by atoms with Gasteiger partial charge in [0.2, 0.25) is 5.78 Å². The number of methoxy groups -OCH3 is 1. The van der Waals surface area contributed by atoms with Crippen LogP contribution in [0.25, 0.3) is 0 Å². The third-order valence-electron chi connectivity index (χ3n) is 2.72. The Kier molecular flexibility index (Phi) is 2.25. The average Bonchev–Trinajstić information content (AvgIpc) is 2.23. The number of benzene rings is 1. The van der Waals surface area contributed by atoms with E-state index in [1.807, 2.05) is 18.2 Å². The van der Waals surface area contributed by atoms with Crippen molar-refractivity contribution in [1.29, 1.82) is 0 Å². The number of quaternary nitrogens is 1. The molecule has 3 N–H and O–H groups in total. The van der Waals surface area contributed by atoms with Crippen molar-refractivity contribution in [3.8, 4) is 5.75 Å². The lowest BCUT2D eigenvalue weighted by molar-refractivity contribution is -0.400. The highest BCUT2D eigenvalue weighted by Crippen LogP contribution is 2.24. The number of ketones is 1.